The number of aliphatic hydroxyl groups is 1. The monoisotopic (exact) mass is 260 g/mol. The molecule has 0 bridgehead atoms. The molecule has 1 unspecified atom stereocenters. The fraction of sp³-hybridized carbons (Fsp3) is 0.200. The highest BCUT2D eigenvalue weighted by Crippen LogP contribution is 2.26. The minimum atomic E-state index is -0.296. The molecule has 0 aliphatic rings. The zero-order valence-electron chi connectivity index (χ0n) is 10.4. The first-order valence-electron chi connectivity index (χ1n) is 6.01. The third-order valence-electron chi connectivity index (χ3n) is 2.88. The molecular weight excluding hydrogens is 244 g/mol. The van der Waals surface area contributed by atoms with Crippen molar-refractivity contribution < 1.29 is 20.1 Å². The predicted octanol–water partition coefficient (Wildman–Crippen LogP) is 2.25. The van der Waals surface area contributed by atoms with Crippen molar-refractivity contribution >= 4 is 0 Å². The Bertz CT molecular complexity index is 522. The van der Waals surface area contributed by atoms with Crippen LogP contribution >= 0.6 is 0 Å². The highest BCUT2D eigenvalue weighted by molar-refractivity contribution is 5.35. The van der Waals surface area contributed by atoms with Crippen LogP contribution in [0.3, 0.4) is 0 Å². The summed E-state index contributed by atoms with van der Waals surface area (Å²) in [6.45, 7) is 0.133. The second kappa shape index (κ2) is 6.11. The molecule has 19 heavy (non-hydrogen) atoms. The summed E-state index contributed by atoms with van der Waals surface area (Å²) in [5.41, 5.74) is 0.656. The predicted molar refractivity (Wildman–Crippen MR) is 71.5 cm³/mol. The van der Waals surface area contributed by atoms with Gasteiger partial charge >= 0.3 is 0 Å². The van der Waals surface area contributed by atoms with Crippen LogP contribution in [0.4, 0.5) is 0 Å². The van der Waals surface area contributed by atoms with Gasteiger partial charge in [-0.2, -0.15) is 0 Å². The van der Waals surface area contributed by atoms with Gasteiger partial charge in [0.05, 0.1) is 13.2 Å². The third-order valence-corrected chi connectivity index (χ3v) is 2.88. The van der Waals surface area contributed by atoms with Gasteiger partial charge in [0, 0.05) is 11.5 Å². The smallest absolute Gasteiger partial charge is 0.119 e. The Morgan fingerprint density at radius 2 is 1.63 bits per heavy atom. The first-order chi connectivity index (χ1) is 9.20. The Morgan fingerprint density at radius 3 is 2.26 bits per heavy atom. The van der Waals surface area contributed by atoms with E-state index in [9.17, 15) is 10.2 Å². The normalized spacial score (nSPS) is 12.1. The summed E-state index contributed by atoms with van der Waals surface area (Å²) in [7, 11) is 0. The van der Waals surface area contributed by atoms with Crippen LogP contribution < -0.4 is 4.74 Å². The van der Waals surface area contributed by atoms with Gasteiger partial charge in [-0.1, -0.05) is 18.2 Å². The van der Waals surface area contributed by atoms with Crippen LogP contribution in [-0.2, 0) is 0 Å². The zero-order chi connectivity index (χ0) is 13.7. The van der Waals surface area contributed by atoms with Crippen molar-refractivity contribution in [3.63, 3.8) is 0 Å². The number of aromatic hydroxyl groups is 2. The van der Waals surface area contributed by atoms with Crippen LogP contribution in [0.5, 0.6) is 17.2 Å². The number of benzene rings is 2. The number of phenolic OH excluding ortho intramolecular Hbond substituents is 2. The maximum Gasteiger partial charge on any atom is 0.119 e. The van der Waals surface area contributed by atoms with E-state index in [4.69, 9.17) is 9.84 Å². The summed E-state index contributed by atoms with van der Waals surface area (Å²) >= 11 is 0. The summed E-state index contributed by atoms with van der Waals surface area (Å²) < 4.78 is 5.54. The molecule has 0 aliphatic heterocycles. The maximum absolute atomic E-state index is 9.75. The molecular formula is C15H16O4. The Labute approximate surface area is 111 Å². The molecule has 0 amide bonds. The van der Waals surface area contributed by atoms with Crippen molar-refractivity contribution in [3.8, 4) is 17.2 Å². The minimum absolute atomic E-state index is 0.115. The lowest BCUT2D eigenvalue weighted by atomic mass is 10.00. The van der Waals surface area contributed by atoms with Gasteiger partial charge in [-0.15, -0.1) is 0 Å². The summed E-state index contributed by atoms with van der Waals surface area (Å²) in [5.74, 6) is 0.629. The molecule has 2 rings (SSSR count). The van der Waals surface area contributed by atoms with Crippen LogP contribution in [0.15, 0.2) is 48.5 Å². The number of para-hydroxylation sites is 1. The second-order valence-corrected chi connectivity index (χ2v) is 4.24. The lowest BCUT2D eigenvalue weighted by Crippen LogP contribution is -2.14. The number of phenols is 2. The maximum atomic E-state index is 9.75. The molecule has 0 aliphatic carbocycles. The van der Waals surface area contributed by atoms with E-state index in [0.717, 1.165) is 0 Å². The molecule has 1 atom stereocenters. The Balaban J connectivity index is 2.04. The van der Waals surface area contributed by atoms with Crippen LogP contribution in [0, 0.1) is 0 Å². The fourth-order valence-electron chi connectivity index (χ4n) is 1.81. The molecule has 0 fully saturated rings. The summed E-state index contributed by atoms with van der Waals surface area (Å²) in [5, 5.41) is 28.3. The van der Waals surface area contributed by atoms with E-state index in [1.807, 2.05) is 0 Å². The lowest BCUT2D eigenvalue weighted by Gasteiger charge is -2.16. The molecule has 0 aromatic heterocycles. The largest absolute Gasteiger partial charge is 0.508 e. The number of rotatable bonds is 5. The Hall–Kier alpha value is -2.20. The summed E-state index contributed by atoms with van der Waals surface area (Å²) in [6.07, 6.45) is 0. The van der Waals surface area contributed by atoms with Crippen LogP contribution in [0.2, 0.25) is 0 Å². The van der Waals surface area contributed by atoms with Gasteiger partial charge in [-0.25, -0.2) is 0 Å². The van der Waals surface area contributed by atoms with E-state index >= 15 is 0 Å². The second-order valence-electron chi connectivity index (χ2n) is 4.24. The molecule has 0 saturated heterocycles. The molecule has 100 valence electrons. The van der Waals surface area contributed by atoms with Crippen molar-refractivity contribution in [2.75, 3.05) is 13.2 Å². The molecule has 4 heteroatoms. The van der Waals surface area contributed by atoms with Gasteiger partial charge in [-0.3, -0.25) is 0 Å². The van der Waals surface area contributed by atoms with Crippen molar-refractivity contribution in [1.82, 2.24) is 0 Å². The quantitative estimate of drug-likeness (QED) is 0.771. The zero-order valence-corrected chi connectivity index (χ0v) is 10.4. The van der Waals surface area contributed by atoms with Gasteiger partial charge in [0.15, 0.2) is 0 Å². The first kappa shape index (κ1) is 13.2. The molecule has 0 saturated carbocycles. The van der Waals surface area contributed by atoms with E-state index in [-0.39, 0.29) is 30.6 Å². The van der Waals surface area contributed by atoms with E-state index in [1.54, 1.807) is 36.4 Å². The van der Waals surface area contributed by atoms with Crippen LogP contribution in [0.1, 0.15) is 11.5 Å². The lowest BCUT2D eigenvalue weighted by molar-refractivity contribution is 0.202. The molecule has 3 N–H and O–H groups in total. The van der Waals surface area contributed by atoms with Gasteiger partial charge in [-0.05, 0) is 30.3 Å². The van der Waals surface area contributed by atoms with E-state index in [0.29, 0.717) is 11.3 Å². The number of ether oxygens (including phenoxy) is 1. The Kier molecular flexibility index (Phi) is 4.26. The highest BCUT2D eigenvalue weighted by atomic mass is 16.5. The average molecular weight is 260 g/mol. The van der Waals surface area contributed by atoms with Crippen molar-refractivity contribution in [3.05, 3.63) is 54.1 Å². The minimum Gasteiger partial charge on any atom is -0.508 e. The number of hydrogen-bond acceptors (Lipinski definition) is 4. The molecule has 2 aromatic rings. The third kappa shape index (κ3) is 3.39. The Morgan fingerprint density at radius 1 is 0.947 bits per heavy atom. The SMILES string of the molecule is OCC(COc1ccc(O)cc1)c1ccccc1O. The van der Waals surface area contributed by atoms with Crippen molar-refractivity contribution in [2.24, 2.45) is 0 Å². The van der Waals surface area contributed by atoms with E-state index < -0.39 is 0 Å². The van der Waals surface area contributed by atoms with Gasteiger partial charge in [0.25, 0.3) is 0 Å². The first-order valence-corrected chi connectivity index (χ1v) is 6.01. The molecule has 0 spiro atoms. The van der Waals surface area contributed by atoms with Gasteiger partial charge in [0.1, 0.15) is 17.2 Å². The summed E-state index contributed by atoms with van der Waals surface area (Å²) in [6, 6.07) is 13.2. The van der Waals surface area contributed by atoms with Gasteiger partial charge in [0.2, 0.25) is 0 Å². The molecule has 0 heterocycles. The van der Waals surface area contributed by atoms with Crippen LogP contribution in [0.25, 0.3) is 0 Å². The molecule has 0 radical (unpaired) electrons. The molecule has 4 nitrogen and oxygen atoms in total. The number of hydrogen-bond donors (Lipinski definition) is 3. The average Bonchev–Trinajstić information content (AvgIpc) is 2.43. The standard InChI is InChI=1S/C15H16O4/c16-9-11(14-3-1-2-4-15(14)18)10-19-13-7-5-12(17)6-8-13/h1-8,11,16-18H,9-10H2. The fourth-order valence-corrected chi connectivity index (χ4v) is 1.81. The summed E-state index contributed by atoms with van der Waals surface area (Å²) in [4.78, 5) is 0. The van der Waals surface area contributed by atoms with Crippen LogP contribution in [-0.4, -0.2) is 28.5 Å². The highest BCUT2D eigenvalue weighted by Gasteiger charge is 2.15. The van der Waals surface area contributed by atoms with Crippen molar-refractivity contribution in [1.29, 1.82) is 0 Å². The topological polar surface area (TPSA) is 69.9 Å². The van der Waals surface area contributed by atoms with E-state index in [2.05, 4.69) is 0 Å². The van der Waals surface area contributed by atoms with Gasteiger partial charge < -0.3 is 20.1 Å². The van der Waals surface area contributed by atoms with E-state index in [1.165, 1.54) is 12.1 Å². The number of aliphatic hydroxyl groups excluding tert-OH is 1. The molecule has 2 aromatic carbocycles. The van der Waals surface area contributed by atoms with Crippen molar-refractivity contribution in [2.45, 2.75) is 5.92 Å².